The van der Waals surface area contributed by atoms with E-state index < -0.39 is 15.8 Å². The number of hydrogen-bond acceptors (Lipinski definition) is 5. The summed E-state index contributed by atoms with van der Waals surface area (Å²) in [4.78, 5) is 18.0. The Labute approximate surface area is 192 Å². The lowest BCUT2D eigenvalue weighted by atomic mass is 10.1. The standard InChI is InChI=1S/C22H24ClFN4O3S/c1-27(15-17-10-9-16(14-19(17)24)22-25-11-12-26-22)21(29)8-5-13-28(2)32(30,31)20-7-4-3-6-18(20)23/h3-10,14H,11-13,15H2,1-2H3,(H,25,26)/b8-5+. The van der Waals surface area contributed by atoms with Gasteiger partial charge in [-0.3, -0.25) is 9.79 Å². The molecule has 0 radical (unpaired) electrons. The lowest BCUT2D eigenvalue weighted by Gasteiger charge is -2.17. The first-order valence-corrected chi connectivity index (χ1v) is 11.7. The van der Waals surface area contributed by atoms with Crippen LogP contribution >= 0.6 is 11.6 Å². The zero-order valence-corrected chi connectivity index (χ0v) is 19.3. The summed E-state index contributed by atoms with van der Waals surface area (Å²) in [6, 6.07) is 10.9. The maximum atomic E-state index is 14.5. The fourth-order valence-electron chi connectivity index (χ4n) is 3.10. The Morgan fingerprint density at radius 1 is 1.25 bits per heavy atom. The number of likely N-dealkylation sites (N-methyl/N-ethyl adjacent to an activating group) is 2. The minimum atomic E-state index is -3.79. The average Bonchev–Trinajstić information content (AvgIpc) is 3.30. The SMILES string of the molecule is CN(Cc1ccc(C2=NCCN2)cc1F)C(=O)/C=C/CN(C)S(=O)(=O)c1ccccc1Cl. The van der Waals surface area contributed by atoms with E-state index in [0.29, 0.717) is 23.5 Å². The Morgan fingerprint density at radius 2 is 2.00 bits per heavy atom. The number of carbonyl (C=O) groups is 1. The Kier molecular flexibility index (Phi) is 7.65. The van der Waals surface area contributed by atoms with Gasteiger partial charge < -0.3 is 10.2 Å². The van der Waals surface area contributed by atoms with Gasteiger partial charge in [-0.05, 0) is 18.2 Å². The van der Waals surface area contributed by atoms with Crippen molar-refractivity contribution in [3.8, 4) is 0 Å². The molecule has 0 unspecified atom stereocenters. The molecule has 2 aromatic rings. The number of rotatable bonds is 8. The number of benzene rings is 2. The van der Waals surface area contributed by atoms with Gasteiger partial charge in [-0.2, -0.15) is 4.31 Å². The van der Waals surface area contributed by atoms with Gasteiger partial charge in [0.25, 0.3) is 0 Å². The number of hydrogen-bond donors (Lipinski definition) is 1. The largest absolute Gasteiger partial charge is 0.368 e. The van der Waals surface area contributed by atoms with E-state index in [4.69, 9.17) is 11.6 Å². The fourth-order valence-corrected chi connectivity index (χ4v) is 4.71. The molecular formula is C22H24ClFN4O3S. The van der Waals surface area contributed by atoms with Crippen molar-refractivity contribution in [2.75, 3.05) is 33.7 Å². The zero-order valence-electron chi connectivity index (χ0n) is 17.8. The van der Waals surface area contributed by atoms with Crippen LogP contribution in [0.4, 0.5) is 4.39 Å². The number of aliphatic imine (C=N–C) groups is 1. The summed E-state index contributed by atoms with van der Waals surface area (Å²) in [6.45, 7) is 1.45. The van der Waals surface area contributed by atoms with E-state index in [-0.39, 0.29) is 28.9 Å². The third-order valence-corrected chi connectivity index (χ3v) is 7.26. The molecule has 0 saturated carbocycles. The Bertz CT molecular complexity index is 1170. The number of nitrogens with zero attached hydrogens (tertiary/aromatic N) is 3. The summed E-state index contributed by atoms with van der Waals surface area (Å²) in [7, 11) is -0.844. The Balaban J connectivity index is 1.59. The predicted molar refractivity (Wildman–Crippen MR) is 123 cm³/mol. The molecule has 1 amide bonds. The van der Waals surface area contributed by atoms with Gasteiger partial charge in [-0.1, -0.05) is 41.9 Å². The van der Waals surface area contributed by atoms with E-state index in [1.54, 1.807) is 31.3 Å². The Morgan fingerprint density at radius 3 is 2.66 bits per heavy atom. The molecule has 2 aromatic carbocycles. The van der Waals surface area contributed by atoms with Crippen molar-refractivity contribution >= 4 is 33.4 Å². The molecule has 10 heteroatoms. The first kappa shape index (κ1) is 23.9. The van der Waals surface area contributed by atoms with Gasteiger partial charge >= 0.3 is 0 Å². The molecule has 7 nitrogen and oxygen atoms in total. The van der Waals surface area contributed by atoms with Crippen molar-refractivity contribution in [1.82, 2.24) is 14.5 Å². The van der Waals surface area contributed by atoms with Gasteiger partial charge in [0.1, 0.15) is 16.5 Å². The van der Waals surface area contributed by atoms with E-state index in [2.05, 4.69) is 10.3 Å². The number of halogens is 2. The molecule has 170 valence electrons. The number of sulfonamides is 1. The second-order valence-corrected chi connectivity index (χ2v) is 9.70. The molecule has 0 atom stereocenters. The summed E-state index contributed by atoms with van der Waals surface area (Å²) in [5, 5.41) is 3.22. The molecule has 1 aliphatic rings. The van der Waals surface area contributed by atoms with Gasteiger partial charge in [0.2, 0.25) is 15.9 Å². The minimum absolute atomic E-state index is 0.00120. The van der Waals surface area contributed by atoms with E-state index in [9.17, 15) is 17.6 Å². The molecule has 0 saturated heterocycles. The highest BCUT2D eigenvalue weighted by atomic mass is 35.5. The van der Waals surface area contributed by atoms with Gasteiger partial charge in [-0.15, -0.1) is 0 Å². The molecule has 1 heterocycles. The first-order valence-electron chi connectivity index (χ1n) is 9.90. The molecule has 0 bridgehead atoms. The van der Waals surface area contributed by atoms with Crippen molar-refractivity contribution in [3.05, 3.63) is 76.6 Å². The van der Waals surface area contributed by atoms with Crippen LogP contribution in [0.25, 0.3) is 0 Å². The van der Waals surface area contributed by atoms with Crippen LogP contribution in [0.5, 0.6) is 0 Å². The molecule has 0 fully saturated rings. The second kappa shape index (κ2) is 10.2. The van der Waals surface area contributed by atoms with Crippen molar-refractivity contribution in [3.63, 3.8) is 0 Å². The van der Waals surface area contributed by atoms with E-state index in [1.165, 1.54) is 42.3 Å². The molecule has 1 aliphatic heterocycles. The lowest BCUT2D eigenvalue weighted by Crippen LogP contribution is -2.28. The predicted octanol–water partition coefficient (Wildman–Crippen LogP) is 2.66. The smallest absolute Gasteiger partial charge is 0.246 e. The average molecular weight is 479 g/mol. The van der Waals surface area contributed by atoms with Crippen LogP contribution in [-0.4, -0.2) is 63.1 Å². The maximum absolute atomic E-state index is 14.5. The number of amides is 1. The number of amidine groups is 1. The summed E-state index contributed by atoms with van der Waals surface area (Å²) in [6.07, 6.45) is 2.71. The van der Waals surface area contributed by atoms with Crippen LogP contribution in [-0.2, 0) is 21.4 Å². The van der Waals surface area contributed by atoms with Gasteiger partial charge in [0.15, 0.2) is 0 Å². The van der Waals surface area contributed by atoms with Crippen molar-refractivity contribution in [2.45, 2.75) is 11.4 Å². The quantitative estimate of drug-likeness (QED) is 0.591. The maximum Gasteiger partial charge on any atom is 0.246 e. The normalized spacial score (nSPS) is 14.0. The summed E-state index contributed by atoms with van der Waals surface area (Å²) in [5.41, 5.74) is 1.04. The summed E-state index contributed by atoms with van der Waals surface area (Å²) in [5.74, 6) is -0.134. The van der Waals surface area contributed by atoms with E-state index in [0.717, 1.165) is 10.8 Å². The fraction of sp³-hybridized carbons (Fsp3) is 0.273. The highest BCUT2D eigenvalue weighted by molar-refractivity contribution is 7.89. The topological polar surface area (TPSA) is 82.1 Å². The van der Waals surface area contributed by atoms with Crippen molar-refractivity contribution < 1.29 is 17.6 Å². The molecule has 32 heavy (non-hydrogen) atoms. The number of carbonyl (C=O) groups excluding carboxylic acids is 1. The molecule has 0 aromatic heterocycles. The summed E-state index contributed by atoms with van der Waals surface area (Å²) >= 11 is 5.99. The third-order valence-electron chi connectivity index (χ3n) is 4.93. The Hall–Kier alpha value is -2.75. The minimum Gasteiger partial charge on any atom is -0.368 e. The van der Waals surface area contributed by atoms with Crippen LogP contribution in [0.3, 0.4) is 0 Å². The lowest BCUT2D eigenvalue weighted by molar-refractivity contribution is -0.125. The van der Waals surface area contributed by atoms with Crippen LogP contribution in [0, 0.1) is 5.82 Å². The molecule has 0 aliphatic carbocycles. The molecular weight excluding hydrogens is 455 g/mol. The molecule has 1 N–H and O–H groups in total. The van der Waals surface area contributed by atoms with Crippen LogP contribution < -0.4 is 5.32 Å². The zero-order chi connectivity index (χ0) is 23.3. The van der Waals surface area contributed by atoms with E-state index in [1.807, 2.05) is 0 Å². The van der Waals surface area contributed by atoms with E-state index >= 15 is 0 Å². The van der Waals surface area contributed by atoms with Crippen LogP contribution in [0.1, 0.15) is 11.1 Å². The van der Waals surface area contributed by atoms with Gasteiger partial charge in [0, 0.05) is 50.9 Å². The number of nitrogens with one attached hydrogen (secondary N) is 1. The van der Waals surface area contributed by atoms with Gasteiger partial charge in [-0.25, -0.2) is 12.8 Å². The highest BCUT2D eigenvalue weighted by Gasteiger charge is 2.22. The van der Waals surface area contributed by atoms with Crippen molar-refractivity contribution in [1.29, 1.82) is 0 Å². The monoisotopic (exact) mass is 478 g/mol. The first-order chi connectivity index (χ1) is 15.2. The van der Waals surface area contributed by atoms with Crippen LogP contribution in [0.2, 0.25) is 5.02 Å². The molecule has 3 rings (SSSR count). The van der Waals surface area contributed by atoms with Gasteiger partial charge in [0.05, 0.1) is 11.6 Å². The third kappa shape index (κ3) is 5.53. The highest BCUT2D eigenvalue weighted by Crippen LogP contribution is 2.23. The van der Waals surface area contributed by atoms with Crippen molar-refractivity contribution in [2.24, 2.45) is 4.99 Å². The van der Waals surface area contributed by atoms with Crippen LogP contribution in [0.15, 0.2) is 64.5 Å². The summed E-state index contributed by atoms with van der Waals surface area (Å²) < 4.78 is 40.8. The molecule has 0 spiro atoms. The second-order valence-electron chi connectivity index (χ2n) is 7.28.